The zero-order valence-corrected chi connectivity index (χ0v) is 15.2. The third-order valence-electron chi connectivity index (χ3n) is 3.66. The smallest absolute Gasteiger partial charge is 0.228 e. The molecule has 124 valence electrons. The van der Waals surface area contributed by atoms with Crippen LogP contribution < -0.4 is 4.90 Å². The predicted molar refractivity (Wildman–Crippen MR) is 94.8 cm³/mol. The van der Waals surface area contributed by atoms with Crippen molar-refractivity contribution in [3.8, 4) is 0 Å². The number of halogens is 2. The lowest BCUT2D eigenvalue weighted by Crippen LogP contribution is -2.38. The molecule has 0 saturated carbocycles. The number of rotatable bonds is 5. The Morgan fingerprint density at radius 2 is 1.96 bits per heavy atom. The van der Waals surface area contributed by atoms with E-state index in [1.54, 1.807) is 11.8 Å². The molecule has 3 rings (SSSR count). The van der Waals surface area contributed by atoms with Crippen LogP contribution in [0.2, 0.25) is 10.0 Å². The average Bonchev–Trinajstić information content (AvgIpc) is 2.99. The number of nitrogens with zero attached hydrogens (tertiary/aromatic N) is 4. The largest absolute Gasteiger partial charge is 0.378 e. The van der Waals surface area contributed by atoms with Crippen molar-refractivity contribution in [2.45, 2.75) is 24.4 Å². The van der Waals surface area contributed by atoms with E-state index in [0.717, 1.165) is 55.3 Å². The van der Waals surface area contributed by atoms with E-state index in [4.69, 9.17) is 27.9 Å². The fraction of sp³-hybridized carbons (Fsp3) is 0.467. The lowest BCUT2D eigenvalue weighted by molar-refractivity contribution is 0.121. The van der Waals surface area contributed by atoms with Crippen molar-refractivity contribution in [2.24, 2.45) is 0 Å². The number of ether oxygens (including phenoxy) is 1. The monoisotopic (exact) mass is 372 g/mol. The van der Waals surface area contributed by atoms with Crippen LogP contribution in [0, 0.1) is 0 Å². The number of morpholine rings is 1. The van der Waals surface area contributed by atoms with Crippen molar-refractivity contribution in [3.63, 3.8) is 0 Å². The van der Waals surface area contributed by atoms with E-state index >= 15 is 0 Å². The van der Waals surface area contributed by atoms with E-state index in [0.29, 0.717) is 10.0 Å². The summed E-state index contributed by atoms with van der Waals surface area (Å²) in [4.78, 5) is 2.23. The second-order valence-corrected chi connectivity index (χ2v) is 6.92. The highest BCUT2D eigenvalue weighted by molar-refractivity contribution is 7.98. The molecule has 1 aromatic heterocycles. The van der Waals surface area contributed by atoms with Crippen LogP contribution in [0.3, 0.4) is 0 Å². The fourth-order valence-electron chi connectivity index (χ4n) is 2.44. The molecule has 0 N–H and O–H groups in total. The Kier molecular flexibility index (Phi) is 5.69. The molecule has 1 aliphatic heterocycles. The maximum Gasteiger partial charge on any atom is 0.228 e. The molecule has 2 heterocycles. The van der Waals surface area contributed by atoms with Crippen molar-refractivity contribution in [2.75, 3.05) is 31.2 Å². The summed E-state index contributed by atoms with van der Waals surface area (Å²) in [6, 6.07) is 5.70. The van der Waals surface area contributed by atoms with E-state index in [-0.39, 0.29) is 0 Å². The number of benzene rings is 1. The summed E-state index contributed by atoms with van der Waals surface area (Å²) in [5.41, 5.74) is 1.11. The number of hydrogen-bond acceptors (Lipinski definition) is 5. The second-order valence-electron chi connectivity index (χ2n) is 5.16. The van der Waals surface area contributed by atoms with Crippen LogP contribution in [-0.2, 0) is 17.0 Å². The van der Waals surface area contributed by atoms with Crippen molar-refractivity contribution in [1.29, 1.82) is 0 Å². The third kappa shape index (κ3) is 3.94. The fourth-order valence-corrected chi connectivity index (χ4v) is 3.70. The molecule has 1 aliphatic rings. The van der Waals surface area contributed by atoms with Gasteiger partial charge in [-0.25, -0.2) is 0 Å². The summed E-state index contributed by atoms with van der Waals surface area (Å²) < 4.78 is 7.55. The summed E-state index contributed by atoms with van der Waals surface area (Å²) in [5.74, 6) is 1.70. The maximum atomic E-state index is 6.07. The Hall–Kier alpha value is -0.950. The molecule has 1 aromatic carbocycles. The molecule has 1 saturated heterocycles. The number of thioether (sulfide) groups is 1. The summed E-state index contributed by atoms with van der Waals surface area (Å²) in [6.45, 7) is 6.13. The van der Waals surface area contributed by atoms with Gasteiger partial charge in [0.25, 0.3) is 0 Å². The second kappa shape index (κ2) is 7.75. The minimum absolute atomic E-state index is 0.576. The molecule has 0 bridgehead atoms. The van der Waals surface area contributed by atoms with Gasteiger partial charge in [0.2, 0.25) is 5.95 Å². The molecule has 0 unspecified atom stereocenters. The Morgan fingerprint density at radius 1 is 1.17 bits per heavy atom. The van der Waals surface area contributed by atoms with Gasteiger partial charge in [-0.3, -0.25) is 4.57 Å². The van der Waals surface area contributed by atoms with Gasteiger partial charge in [-0.05, 0) is 24.6 Å². The van der Waals surface area contributed by atoms with Gasteiger partial charge >= 0.3 is 0 Å². The van der Waals surface area contributed by atoms with Gasteiger partial charge in [-0.15, -0.1) is 10.2 Å². The lowest BCUT2D eigenvalue weighted by Gasteiger charge is -2.27. The molecular weight excluding hydrogens is 355 g/mol. The third-order valence-corrected chi connectivity index (χ3v) is 5.44. The number of aromatic nitrogens is 3. The summed E-state index contributed by atoms with van der Waals surface area (Å²) in [7, 11) is 0. The first kappa shape index (κ1) is 16.9. The Morgan fingerprint density at radius 3 is 2.65 bits per heavy atom. The Bertz CT molecular complexity index is 673. The minimum atomic E-state index is 0.576. The van der Waals surface area contributed by atoms with Gasteiger partial charge < -0.3 is 9.64 Å². The molecule has 0 aliphatic carbocycles. The van der Waals surface area contributed by atoms with Crippen LogP contribution in [0.5, 0.6) is 0 Å². The highest BCUT2D eigenvalue weighted by Crippen LogP contribution is 2.28. The molecule has 0 spiro atoms. The molecule has 0 amide bonds. The Balaban J connectivity index is 1.72. The van der Waals surface area contributed by atoms with E-state index in [1.165, 1.54) is 0 Å². The molecule has 1 fully saturated rings. The van der Waals surface area contributed by atoms with Crippen LogP contribution in [0.25, 0.3) is 0 Å². The van der Waals surface area contributed by atoms with Gasteiger partial charge in [0, 0.05) is 25.4 Å². The molecular formula is C15H18Cl2N4OS. The Labute approximate surface area is 149 Å². The van der Waals surface area contributed by atoms with Crippen LogP contribution >= 0.6 is 35.0 Å². The van der Waals surface area contributed by atoms with Crippen molar-refractivity contribution < 1.29 is 4.74 Å². The summed E-state index contributed by atoms with van der Waals surface area (Å²) in [5, 5.41) is 10.8. The van der Waals surface area contributed by atoms with Crippen molar-refractivity contribution >= 4 is 40.9 Å². The van der Waals surface area contributed by atoms with Gasteiger partial charge in [-0.2, -0.15) is 0 Å². The molecule has 23 heavy (non-hydrogen) atoms. The highest BCUT2D eigenvalue weighted by Gasteiger charge is 2.19. The van der Waals surface area contributed by atoms with Crippen LogP contribution in [0.15, 0.2) is 23.4 Å². The number of hydrogen-bond donors (Lipinski definition) is 0. The van der Waals surface area contributed by atoms with Crippen molar-refractivity contribution in [1.82, 2.24) is 14.8 Å². The van der Waals surface area contributed by atoms with Crippen LogP contribution in [0.4, 0.5) is 5.95 Å². The van der Waals surface area contributed by atoms with Gasteiger partial charge in [0.15, 0.2) is 5.16 Å². The zero-order chi connectivity index (χ0) is 16.2. The van der Waals surface area contributed by atoms with Crippen molar-refractivity contribution in [3.05, 3.63) is 33.8 Å². The van der Waals surface area contributed by atoms with E-state index < -0.39 is 0 Å². The maximum absolute atomic E-state index is 6.07. The van der Waals surface area contributed by atoms with Crippen LogP contribution in [-0.4, -0.2) is 41.1 Å². The first-order chi connectivity index (χ1) is 11.2. The molecule has 8 heteroatoms. The first-order valence-corrected chi connectivity index (χ1v) is 9.26. The van der Waals surface area contributed by atoms with Crippen LogP contribution in [0.1, 0.15) is 12.5 Å². The van der Waals surface area contributed by atoms with Gasteiger partial charge in [0.1, 0.15) is 0 Å². The zero-order valence-electron chi connectivity index (χ0n) is 12.8. The quantitative estimate of drug-likeness (QED) is 0.748. The SMILES string of the molecule is CCn1c(SCc2ccc(Cl)c(Cl)c2)nnc1N1CCOCC1. The molecule has 0 radical (unpaired) electrons. The molecule has 5 nitrogen and oxygen atoms in total. The average molecular weight is 373 g/mol. The van der Waals surface area contributed by atoms with Gasteiger partial charge in [-0.1, -0.05) is 41.0 Å². The minimum Gasteiger partial charge on any atom is -0.378 e. The van der Waals surface area contributed by atoms with Gasteiger partial charge in [0.05, 0.1) is 23.3 Å². The molecule has 0 atom stereocenters. The topological polar surface area (TPSA) is 43.2 Å². The first-order valence-electron chi connectivity index (χ1n) is 7.51. The van der Waals surface area contributed by atoms with E-state index in [1.807, 2.05) is 18.2 Å². The standard InChI is InChI=1S/C15H18Cl2N4OS/c1-2-21-14(20-5-7-22-8-6-20)18-19-15(21)23-10-11-3-4-12(16)13(17)9-11/h3-4,9H,2,5-8,10H2,1H3. The number of anilines is 1. The highest BCUT2D eigenvalue weighted by atomic mass is 35.5. The predicted octanol–water partition coefficient (Wildman–Crippen LogP) is 3.73. The lowest BCUT2D eigenvalue weighted by atomic mass is 10.2. The van der Waals surface area contributed by atoms with E-state index in [9.17, 15) is 0 Å². The molecule has 2 aromatic rings. The van der Waals surface area contributed by atoms with E-state index in [2.05, 4.69) is 26.6 Å². The summed E-state index contributed by atoms with van der Waals surface area (Å²) in [6.07, 6.45) is 0. The summed E-state index contributed by atoms with van der Waals surface area (Å²) >= 11 is 13.7. The normalized spacial score (nSPS) is 15.2.